The zero-order chi connectivity index (χ0) is 14.4. The molecule has 0 aromatic heterocycles. The fourth-order valence-corrected chi connectivity index (χ4v) is 1.95. The molecule has 0 saturated heterocycles. The van der Waals surface area contributed by atoms with E-state index >= 15 is 0 Å². The van der Waals surface area contributed by atoms with Crippen molar-refractivity contribution in [1.82, 2.24) is 5.32 Å². The highest BCUT2D eigenvalue weighted by atomic mass is 16.2. The Balaban J connectivity index is 1.90. The smallest absolute Gasteiger partial charge is 0.319 e. The molecule has 0 aliphatic heterocycles. The second-order valence-electron chi connectivity index (χ2n) is 4.56. The van der Waals surface area contributed by atoms with E-state index in [4.69, 9.17) is 5.73 Å². The van der Waals surface area contributed by atoms with Crippen LogP contribution in [-0.4, -0.2) is 6.03 Å². The molecule has 0 atom stereocenters. The number of carbonyl (C=O) groups excluding carboxylic acids is 1. The summed E-state index contributed by atoms with van der Waals surface area (Å²) in [6.45, 7) is 2.54. The first-order valence-electron chi connectivity index (χ1n) is 6.66. The number of amides is 2. The van der Waals surface area contributed by atoms with E-state index in [1.54, 1.807) is 6.07 Å². The van der Waals surface area contributed by atoms with Crippen LogP contribution in [0, 0.1) is 0 Å². The van der Waals surface area contributed by atoms with E-state index in [1.807, 2.05) is 49.4 Å². The molecule has 0 spiro atoms. The minimum absolute atomic E-state index is 0.238. The van der Waals surface area contributed by atoms with Gasteiger partial charge in [0.15, 0.2) is 0 Å². The molecule has 104 valence electrons. The Morgan fingerprint density at radius 3 is 2.55 bits per heavy atom. The first-order valence-corrected chi connectivity index (χ1v) is 6.66. The van der Waals surface area contributed by atoms with Crippen LogP contribution in [-0.2, 0) is 13.0 Å². The third kappa shape index (κ3) is 3.75. The molecule has 0 bridgehead atoms. The van der Waals surface area contributed by atoms with E-state index in [1.165, 1.54) is 0 Å². The summed E-state index contributed by atoms with van der Waals surface area (Å²) in [4.78, 5) is 11.8. The van der Waals surface area contributed by atoms with E-state index < -0.39 is 0 Å². The summed E-state index contributed by atoms with van der Waals surface area (Å²) in [5.74, 6) is 0. The summed E-state index contributed by atoms with van der Waals surface area (Å²) in [5, 5.41) is 5.58. The van der Waals surface area contributed by atoms with Gasteiger partial charge in [0.05, 0.1) is 0 Å². The molecular formula is C16H19N3O. The fraction of sp³-hybridized carbons (Fsp3) is 0.188. The van der Waals surface area contributed by atoms with E-state index in [2.05, 4.69) is 10.6 Å². The van der Waals surface area contributed by atoms with Crippen LogP contribution in [0.5, 0.6) is 0 Å². The van der Waals surface area contributed by atoms with Gasteiger partial charge in [-0.15, -0.1) is 0 Å². The molecule has 4 nitrogen and oxygen atoms in total. The topological polar surface area (TPSA) is 67.2 Å². The minimum Gasteiger partial charge on any atom is -0.398 e. The van der Waals surface area contributed by atoms with Crippen molar-refractivity contribution < 1.29 is 4.79 Å². The number of urea groups is 1. The van der Waals surface area contributed by atoms with E-state index in [0.29, 0.717) is 17.9 Å². The molecule has 0 aliphatic rings. The Hall–Kier alpha value is -2.49. The van der Waals surface area contributed by atoms with Crippen molar-refractivity contribution in [2.75, 3.05) is 11.1 Å². The number of nitrogens with one attached hydrogen (secondary N) is 2. The monoisotopic (exact) mass is 269 g/mol. The van der Waals surface area contributed by atoms with Crippen LogP contribution < -0.4 is 16.4 Å². The third-order valence-electron chi connectivity index (χ3n) is 3.08. The molecule has 0 aliphatic carbocycles. The van der Waals surface area contributed by atoms with Crippen LogP contribution in [0.1, 0.15) is 18.1 Å². The van der Waals surface area contributed by atoms with E-state index in [-0.39, 0.29) is 6.03 Å². The molecular weight excluding hydrogens is 250 g/mol. The highest BCUT2D eigenvalue weighted by molar-refractivity contribution is 5.89. The number of hydrogen-bond acceptors (Lipinski definition) is 2. The van der Waals surface area contributed by atoms with Crippen LogP contribution in [0.2, 0.25) is 0 Å². The van der Waals surface area contributed by atoms with Crippen LogP contribution in [0.3, 0.4) is 0 Å². The Labute approximate surface area is 119 Å². The van der Waals surface area contributed by atoms with Crippen molar-refractivity contribution >= 4 is 17.4 Å². The lowest BCUT2D eigenvalue weighted by atomic mass is 10.1. The minimum atomic E-state index is -0.238. The van der Waals surface area contributed by atoms with Crippen LogP contribution in [0.15, 0.2) is 48.5 Å². The predicted molar refractivity (Wildman–Crippen MR) is 82.5 cm³/mol. The summed E-state index contributed by atoms with van der Waals surface area (Å²) in [7, 11) is 0. The fourth-order valence-electron chi connectivity index (χ4n) is 1.95. The molecule has 2 aromatic carbocycles. The highest BCUT2D eigenvalue weighted by Gasteiger charge is 2.03. The Bertz CT molecular complexity index is 582. The zero-order valence-electron chi connectivity index (χ0n) is 11.5. The van der Waals surface area contributed by atoms with E-state index in [0.717, 1.165) is 17.5 Å². The Kier molecular flexibility index (Phi) is 4.60. The van der Waals surface area contributed by atoms with Gasteiger partial charge in [0, 0.05) is 17.9 Å². The maximum Gasteiger partial charge on any atom is 0.319 e. The van der Waals surface area contributed by atoms with Crippen molar-refractivity contribution in [3.63, 3.8) is 0 Å². The number of anilines is 2. The highest BCUT2D eigenvalue weighted by Crippen LogP contribution is 2.18. The van der Waals surface area contributed by atoms with Gasteiger partial charge in [-0.1, -0.05) is 43.3 Å². The van der Waals surface area contributed by atoms with Crippen molar-refractivity contribution in [3.05, 3.63) is 59.7 Å². The number of benzene rings is 2. The van der Waals surface area contributed by atoms with Crippen molar-refractivity contribution in [1.29, 1.82) is 0 Å². The average Bonchev–Trinajstić information content (AvgIpc) is 2.46. The standard InChI is InChI=1S/C16H19N3O/c1-2-13-8-9-14(10-15(13)17)19-16(20)18-11-12-6-4-3-5-7-12/h3-10H,2,11,17H2,1H3,(H2,18,19,20). The SMILES string of the molecule is CCc1ccc(NC(=O)NCc2ccccc2)cc1N. The molecule has 2 rings (SSSR count). The molecule has 0 unspecified atom stereocenters. The lowest BCUT2D eigenvalue weighted by Gasteiger charge is -2.10. The Morgan fingerprint density at radius 2 is 1.90 bits per heavy atom. The van der Waals surface area contributed by atoms with Gasteiger partial charge < -0.3 is 16.4 Å². The third-order valence-corrected chi connectivity index (χ3v) is 3.08. The molecule has 4 heteroatoms. The Morgan fingerprint density at radius 1 is 1.15 bits per heavy atom. The van der Waals surface area contributed by atoms with Gasteiger partial charge in [-0.25, -0.2) is 4.79 Å². The van der Waals surface area contributed by atoms with Crippen molar-refractivity contribution in [2.45, 2.75) is 19.9 Å². The number of rotatable bonds is 4. The second-order valence-corrected chi connectivity index (χ2v) is 4.56. The molecule has 0 heterocycles. The molecule has 0 radical (unpaired) electrons. The van der Waals surface area contributed by atoms with Crippen LogP contribution in [0.25, 0.3) is 0 Å². The summed E-state index contributed by atoms with van der Waals surface area (Å²) in [5.41, 5.74) is 9.44. The maximum absolute atomic E-state index is 11.8. The molecule has 20 heavy (non-hydrogen) atoms. The number of hydrogen-bond donors (Lipinski definition) is 3. The lowest BCUT2D eigenvalue weighted by Crippen LogP contribution is -2.28. The largest absolute Gasteiger partial charge is 0.398 e. The second kappa shape index (κ2) is 6.61. The van der Waals surface area contributed by atoms with Crippen molar-refractivity contribution in [3.8, 4) is 0 Å². The summed E-state index contributed by atoms with van der Waals surface area (Å²) in [6.07, 6.45) is 0.881. The zero-order valence-corrected chi connectivity index (χ0v) is 11.5. The molecule has 4 N–H and O–H groups in total. The summed E-state index contributed by atoms with van der Waals surface area (Å²) < 4.78 is 0. The summed E-state index contributed by atoms with van der Waals surface area (Å²) >= 11 is 0. The van der Waals surface area contributed by atoms with Crippen LogP contribution >= 0.6 is 0 Å². The number of nitrogens with two attached hydrogens (primary N) is 1. The quantitative estimate of drug-likeness (QED) is 0.746. The molecule has 0 fully saturated rings. The predicted octanol–water partition coefficient (Wildman–Crippen LogP) is 3.15. The van der Waals surface area contributed by atoms with Gasteiger partial charge in [0.2, 0.25) is 0 Å². The molecule has 2 aromatic rings. The van der Waals surface area contributed by atoms with Gasteiger partial charge in [-0.3, -0.25) is 0 Å². The number of aryl methyl sites for hydroxylation is 1. The number of nitrogen functional groups attached to an aromatic ring is 1. The average molecular weight is 269 g/mol. The first kappa shape index (κ1) is 13.9. The van der Waals surface area contributed by atoms with Gasteiger partial charge in [-0.2, -0.15) is 0 Å². The van der Waals surface area contributed by atoms with Gasteiger partial charge in [0.1, 0.15) is 0 Å². The van der Waals surface area contributed by atoms with Gasteiger partial charge in [-0.05, 0) is 29.7 Å². The van der Waals surface area contributed by atoms with E-state index in [9.17, 15) is 4.79 Å². The first-order chi connectivity index (χ1) is 9.69. The number of carbonyl (C=O) groups is 1. The normalized spacial score (nSPS) is 10.1. The molecule has 0 saturated carbocycles. The van der Waals surface area contributed by atoms with Gasteiger partial charge in [0.25, 0.3) is 0 Å². The maximum atomic E-state index is 11.8. The summed E-state index contributed by atoms with van der Waals surface area (Å²) in [6, 6.07) is 15.1. The van der Waals surface area contributed by atoms with Gasteiger partial charge >= 0.3 is 6.03 Å². The molecule has 2 amide bonds. The van der Waals surface area contributed by atoms with Crippen LogP contribution in [0.4, 0.5) is 16.2 Å². The van der Waals surface area contributed by atoms with Crippen molar-refractivity contribution in [2.24, 2.45) is 0 Å². The lowest BCUT2D eigenvalue weighted by molar-refractivity contribution is 0.251.